The van der Waals surface area contributed by atoms with Gasteiger partial charge >= 0.3 is 17.9 Å². The van der Waals surface area contributed by atoms with E-state index in [1.54, 1.807) is 13.3 Å². The fourth-order valence-electron chi connectivity index (χ4n) is 3.39. The zero-order valence-corrected chi connectivity index (χ0v) is 19.0. The van der Waals surface area contributed by atoms with Crippen molar-refractivity contribution in [1.82, 2.24) is 10.3 Å². The summed E-state index contributed by atoms with van der Waals surface area (Å²) >= 11 is 0. The van der Waals surface area contributed by atoms with Gasteiger partial charge in [-0.15, -0.1) is 0 Å². The lowest BCUT2D eigenvalue weighted by Gasteiger charge is -2.19. The second-order valence-corrected chi connectivity index (χ2v) is 7.57. The Labute approximate surface area is 196 Å². The molecule has 2 heterocycles. The van der Waals surface area contributed by atoms with E-state index in [4.69, 9.17) is 18.9 Å². The first-order chi connectivity index (χ1) is 16.3. The molecular weight excluding hydrogens is 444 g/mol. The van der Waals surface area contributed by atoms with Crippen LogP contribution in [0.15, 0.2) is 42.6 Å². The molecule has 0 saturated carbocycles. The highest BCUT2D eigenvalue weighted by molar-refractivity contribution is 5.98. The predicted octanol–water partition coefficient (Wildman–Crippen LogP) is 1.67. The highest BCUT2D eigenvalue weighted by Crippen LogP contribution is 2.29. The first kappa shape index (κ1) is 24.7. The largest absolute Gasteiger partial charge is 0.493 e. The third-order valence-electron chi connectivity index (χ3n) is 4.94. The molecule has 1 N–H and O–H groups in total. The molecule has 2 aromatic rings. The Morgan fingerprint density at radius 1 is 1.15 bits per heavy atom. The van der Waals surface area contributed by atoms with Crippen LogP contribution in [0.2, 0.25) is 0 Å². The predicted molar refractivity (Wildman–Crippen MR) is 118 cm³/mol. The van der Waals surface area contributed by atoms with Gasteiger partial charge in [-0.2, -0.15) is 0 Å². The molecular formula is C24H25N2O8. The van der Waals surface area contributed by atoms with Crippen molar-refractivity contribution in [3.8, 4) is 11.5 Å². The SMILES string of the molecule is COc1ccnc(C(=O)N[C@H]2COC(=O)C(Cc3ccccc3)[CH][C@H](C)OC2=O)c1OC(C)=O. The van der Waals surface area contributed by atoms with E-state index >= 15 is 0 Å². The van der Waals surface area contributed by atoms with Gasteiger partial charge in [0.1, 0.15) is 12.7 Å². The number of aromatic nitrogens is 1. The molecule has 1 amide bonds. The molecule has 0 spiro atoms. The summed E-state index contributed by atoms with van der Waals surface area (Å²) in [5, 5.41) is 2.44. The Balaban J connectivity index is 1.77. The van der Waals surface area contributed by atoms with Gasteiger partial charge in [-0.05, 0) is 18.9 Å². The number of amides is 1. The van der Waals surface area contributed by atoms with E-state index in [-0.39, 0.29) is 17.2 Å². The van der Waals surface area contributed by atoms with E-state index in [2.05, 4.69) is 10.3 Å². The fraction of sp³-hybridized carbons (Fsp3) is 0.333. The van der Waals surface area contributed by atoms with Crippen LogP contribution in [-0.4, -0.2) is 54.7 Å². The molecule has 3 rings (SSSR count). The maximum Gasteiger partial charge on any atom is 0.332 e. The van der Waals surface area contributed by atoms with Gasteiger partial charge in [0.25, 0.3) is 5.91 Å². The quantitative estimate of drug-likeness (QED) is 0.628. The molecule has 1 aromatic heterocycles. The number of carbonyl (C=O) groups excluding carboxylic acids is 4. The average molecular weight is 469 g/mol. The lowest BCUT2D eigenvalue weighted by molar-refractivity contribution is -0.152. The molecule has 1 aliphatic heterocycles. The second kappa shape index (κ2) is 11.3. The molecule has 0 bridgehead atoms. The summed E-state index contributed by atoms with van der Waals surface area (Å²) in [6.07, 6.45) is 2.54. The number of ether oxygens (including phenoxy) is 4. The maximum absolute atomic E-state index is 12.9. The van der Waals surface area contributed by atoms with E-state index in [1.807, 2.05) is 30.3 Å². The van der Waals surface area contributed by atoms with Crippen molar-refractivity contribution in [3.05, 3.63) is 60.3 Å². The minimum Gasteiger partial charge on any atom is -0.493 e. The number of carbonyl (C=O) groups is 4. The third kappa shape index (κ3) is 6.31. The van der Waals surface area contributed by atoms with Crippen molar-refractivity contribution in [2.24, 2.45) is 5.92 Å². The van der Waals surface area contributed by atoms with Gasteiger partial charge in [0, 0.05) is 25.6 Å². The lowest BCUT2D eigenvalue weighted by atomic mass is 9.94. The number of nitrogens with zero attached hydrogens (tertiary/aromatic N) is 1. The molecule has 1 aromatic carbocycles. The van der Waals surface area contributed by atoms with Gasteiger partial charge in [0.2, 0.25) is 5.75 Å². The summed E-state index contributed by atoms with van der Waals surface area (Å²) in [4.78, 5) is 53.7. The summed E-state index contributed by atoms with van der Waals surface area (Å²) < 4.78 is 21.0. The Hall–Kier alpha value is -3.95. The van der Waals surface area contributed by atoms with Gasteiger partial charge in [-0.25, -0.2) is 9.78 Å². The molecule has 1 aliphatic rings. The first-order valence-electron chi connectivity index (χ1n) is 10.6. The van der Waals surface area contributed by atoms with Crippen LogP contribution < -0.4 is 14.8 Å². The number of esters is 3. The van der Waals surface area contributed by atoms with E-state index in [0.29, 0.717) is 6.42 Å². The normalized spacial score (nSPS) is 20.6. The van der Waals surface area contributed by atoms with Gasteiger partial charge in [0.05, 0.1) is 13.0 Å². The van der Waals surface area contributed by atoms with Crippen LogP contribution >= 0.6 is 0 Å². The number of rotatable bonds is 6. The molecule has 34 heavy (non-hydrogen) atoms. The van der Waals surface area contributed by atoms with Gasteiger partial charge in [0.15, 0.2) is 17.5 Å². The van der Waals surface area contributed by atoms with Crippen molar-refractivity contribution in [2.75, 3.05) is 13.7 Å². The van der Waals surface area contributed by atoms with Crippen molar-refractivity contribution in [3.63, 3.8) is 0 Å². The van der Waals surface area contributed by atoms with E-state index in [9.17, 15) is 19.2 Å². The standard InChI is InChI=1S/C24H25N2O8/c1-14-11-17(12-16-7-5-4-6-8-16)23(29)32-13-18(24(30)33-14)26-22(28)20-21(34-15(2)27)19(31-3)9-10-25-20/h4-11,14,17-18H,12-13H2,1-3H3,(H,26,28)/t14-,17?,18-/m0/s1. The van der Waals surface area contributed by atoms with Crippen LogP contribution in [0.25, 0.3) is 0 Å². The molecule has 3 atom stereocenters. The van der Waals surface area contributed by atoms with Crippen LogP contribution in [0.1, 0.15) is 29.9 Å². The minimum absolute atomic E-state index is 0.103. The van der Waals surface area contributed by atoms with Crippen molar-refractivity contribution < 1.29 is 38.1 Å². The maximum atomic E-state index is 12.9. The van der Waals surface area contributed by atoms with Crippen LogP contribution in [0.4, 0.5) is 0 Å². The van der Waals surface area contributed by atoms with Crippen LogP contribution in [0.3, 0.4) is 0 Å². The number of pyridine rings is 1. The summed E-state index contributed by atoms with van der Waals surface area (Å²) in [6, 6.07) is 9.47. The van der Waals surface area contributed by atoms with Crippen molar-refractivity contribution in [1.29, 1.82) is 0 Å². The molecule has 179 valence electrons. The van der Waals surface area contributed by atoms with Crippen molar-refractivity contribution in [2.45, 2.75) is 32.4 Å². The summed E-state index contributed by atoms with van der Waals surface area (Å²) in [7, 11) is 1.34. The van der Waals surface area contributed by atoms with Gasteiger partial charge < -0.3 is 24.3 Å². The third-order valence-corrected chi connectivity index (χ3v) is 4.94. The van der Waals surface area contributed by atoms with Crippen molar-refractivity contribution >= 4 is 23.8 Å². The van der Waals surface area contributed by atoms with E-state index in [0.717, 1.165) is 12.5 Å². The van der Waals surface area contributed by atoms with Crippen LogP contribution in [0, 0.1) is 12.3 Å². The molecule has 1 saturated heterocycles. The second-order valence-electron chi connectivity index (χ2n) is 7.57. The number of hydrogen-bond donors (Lipinski definition) is 1. The number of cyclic esters (lactones) is 2. The van der Waals surface area contributed by atoms with Crippen LogP contribution in [-0.2, 0) is 30.3 Å². The highest BCUT2D eigenvalue weighted by Gasteiger charge is 2.34. The Kier molecular flexibility index (Phi) is 8.18. The number of hydrogen-bond acceptors (Lipinski definition) is 9. The number of nitrogens with one attached hydrogen (secondary N) is 1. The zero-order valence-electron chi connectivity index (χ0n) is 19.0. The summed E-state index contributed by atoms with van der Waals surface area (Å²) in [6.45, 7) is 2.34. The summed E-state index contributed by atoms with van der Waals surface area (Å²) in [5.41, 5.74) is 0.639. The van der Waals surface area contributed by atoms with E-state index in [1.165, 1.54) is 19.4 Å². The first-order valence-corrected chi connectivity index (χ1v) is 10.6. The molecule has 1 unspecified atom stereocenters. The topological polar surface area (TPSA) is 130 Å². The minimum atomic E-state index is -1.30. The van der Waals surface area contributed by atoms with Gasteiger partial charge in [-0.3, -0.25) is 14.4 Å². The van der Waals surface area contributed by atoms with Crippen LogP contribution in [0.5, 0.6) is 11.5 Å². The smallest absolute Gasteiger partial charge is 0.332 e. The molecule has 1 fully saturated rings. The summed E-state index contributed by atoms with van der Waals surface area (Å²) in [5.74, 6) is -3.61. The average Bonchev–Trinajstić information content (AvgIpc) is 2.84. The Morgan fingerprint density at radius 2 is 1.88 bits per heavy atom. The molecule has 0 aliphatic carbocycles. The lowest BCUT2D eigenvalue weighted by Crippen LogP contribution is -2.46. The monoisotopic (exact) mass is 469 g/mol. The number of methoxy groups -OCH3 is 1. The van der Waals surface area contributed by atoms with E-state index < -0.39 is 48.5 Å². The zero-order chi connectivity index (χ0) is 24.7. The number of benzene rings is 1. The molecule has 10 heteroatoms. The Bertz CT molecular complexity index is 1060. The van der Waals surface area contributed by atoms with Gasteiger partial charge in [-0.1, -0.05) is 30.3 Å². The fourth-order valence-corrected chi connectivity index (χ4v) is 3.39. The molecule has 10 nitrogen and oxygen atoms in total. The highest BCUT2D eigenvalue weighted by atomic mass is 16.6. The Morgan fingerprint density at radius 3 is 2.56 bits per heavy atom. The molecule has 1 radical (unpaired) electrons.